The third kappa shape index (κ3) is 35.8. The molecule has 0 radical (unpaired) electrons. The summed E-state index contributed by atoms with van der Waals surface area (Å²) in [6.45, 7) is 3.42. The molecule has 0 spiro atoms. The minimum Gasteiger partial charge on any atom is -0.394 e. The lowest BCUT2D eigenvalue weighted by Gasteiger charge is -2.40. The number of nitrogens with one attached hydrogen (secondary N) is 1. The van der Waals surface area contributed by atoms with Gasteiger partial charge in [-0.15, -0.1) is 0 Å². The Bertz CT molecular complexity index is 1260. The number of ether oxygens (including phenoxy) is 2. The zero-order valence-corrected chi connectivity index (χ0v) is 44.0. The second-order valence-electron chi connectivity index (χ2n) is 20.0. The maximum absolute atomic E-state index is 13.2. The number of rotatable bonds is 48. The predicted octanol–water partition coefficient (Wildman–Crippen LogP) is 11.7. The Kier molecular flexibility index (Phi) is 44.4. The van der Waals surface area contributed by atoms with Crippen molar-refractivity contribution >= 4 is 5.91 Å². The van der Waals surface area contributed by atoms with Crippen LogP contribution in [0.2, 0.25) is 0 Å². The highest BCUT2D eigenvalue weighted by molar-refractivity contribution is 5.80. The summed E-state index contributed by atoms with van der Waals surface area (Å²) in [7, 11) is 0. The van der Waals surface area contributed by atoms with Gasteiger partial charge in [0.15, 0.2) is 6.29 Å². The van der Waals surface area contributed by atoms with Crippen molar-refractivity contribution in [3.63, 3.8) is 0 Å². The molecule has 1 aliphatic heterocycles. The fourth-order valence-electron chi connectivity index (χ4n) is 8.90. The number of allylic oxidation sites excluding steroid dienone is 8. The van der Waals surface area contributed by atoms with Crippen LogP contribution < -0.4 is 5.32 Å². The first-order chi connectivity index (χ1) is 33.7. The average molecular weight is 978 g/mol. The van der Waals surface area contributed by atoms with Gasteiger partial charge in [0, 0.05) is 0 Å². The SMILES string of the molecule is CCCCCCC/C=C/CC/C=C/CCCC(O)C(O)C(COC1OC(CO)C(O)C(O)C1O)NC(=O)C(O)CCCCCCCCCCCCCC/C=C\C/C=C\CCCCCCCCCCC. The summed E-state index contributed by atoms with van der Waals surface area (Å²) in [6.07, 6.45) is 47.5. The molecule has 1 heterocycles. The van der Waals surface area contributed by atoms with E-state index in [2.05, 4.69) is 67.8 Å². The number of aliphatic hydroxyl groups excluding tert-OH is 7. The van der Waals surface area contributed by atoms with Crippen LogP contribution in [0.25, 0.3) is 0 Å². The van der Waals surface area contributed by atoms with Gasteiger partial charge in [0.05, 0.1) is 25.4 Å². The van der Waals surface area contributed by atoms with E-state index in [0.717, 1.165) is 44.9 Å². The number of hydrogen-bond donors (Lipinski definition) is 8. The minimum absolute atomic E-state index is 0.245. The van der Waals surface area contributed by atoms with Crippen molar-refractivity contribution in [3.05, 3.63) is 48.6 Å². The molecule has 11 heteroatoms. The van der Waals surface area contributed by atoms with Crippen LogP contribution in [0.1, 0.15) is 245 Å². The van der Waals surface area contributed by atoms with E-state index >= 15 is 0 Å². The van der Waals surface area contributed by atoms with Gasteiger partial charge in [-0.25, -0.2) is 0 Å². The van der Waals surface area contributed by atoms with Crippen molar-refractivity contribution < 1.29 is 50.0 Å². The molecule has 404 valence electrons. The van der Waals surface area contributed by atoms with E-state index in [1.54, 1.807) is 0 Å². The molecular formula is C58H107NO10. The molecule has 1 rings (SSSR count). The van der Waals surface area contributed by atoms with E-state index < -0.39 is 74.2 Å². The van der Waals surface area contributed by atoms with Crippen molar-refractivity contribution in [2.45, 2.75) is 300 Å². The first-order valence-electron chi connectivity index (χ1n) is 28.5. The van der Waals surface area contributed by atoms with Gasteiger partial charge in [-0.05, 0) is 83.5 Å². The first kappa shape index (κ1) is 65.1. The van der Waals surface area contributed by atoms with Crippen LogP contribution in [0, 0.1) is 0 Å². The molecule has 0 aliphatic carbocycles. The smallest absolute Gasteiger partial charge is 0.249 e. The molecular weight excluding hydrogens is 871 g/mol. The maximum atomic E-state index is 13.2. The maximum Gasteiger partial charge on any atom is 0.249 e. The molecule has 1 fully saturated rings. The van der Waals surface area contributed by atoms with Crippen LogP contribution in [-0.4, -0.2) is 110 Å². The summed E-state index contributed by atoms with van der Waals surface area (Å²) in [6, 6.07) is -1.19. The highest BCUT2D eigenvalue weighted by Crippen LogP contribution is 2.23. The molecule has 0 bridgehead atoms. The van der Waals surface area contributed by atoms with E-state index in [1.165, 1.54) is 154 Å². The second kappa shape index (κ2) is 47.1. The van der Waals surface area contributed by atoms with Crippen LogP contribution in [0.4, 0.5) is 0 Å². The summed E-state index contributed by atoms with van der Waals surface area (Å²) < 4.78 is 11.1. The fourth-order valence-corrected chi connectivity index (χ4v) is 8.90. The molecule has 9 unspecified atom stereocenters. The van der Waals surface area contributed by atoms with E-state index in [9.17, 15) is 40.5 Å². The van der Waals surface area contributed by atoms with Crippen molar-refractivity contribution in [1.82, 2.24) is 5.32 Å². The lowest BCUT2D eigenvalue weighted by Crippen LogP contribution is -2.60. The molecule has 1 aliphatic rings. The lowest BCUT2D eigenvalue weighted by atomic mass is 9.98. The Balaban J connectivity index is 2.29. The van der Waals surface area contributed by atoms with Gasteiger partial charge in [0.2, 0.25) is 5.91 Å². The first-order valence-corrected chi connectivity index (χ1v) is 28.5. The number of hydrogen-bond acceptors (Lipinski definition) is 10. The largest absolute Gasteiger partial charge is 0.394 e. The number of unbranched alkanes of at least 4 members (excludes halogenated alkanes) is 28. The van der Waals surface area contributed by atoms with Gasteiger partial charge in [-0.1, -0.05) is 210 Å². The number of carbonyl (C=O) groups is 1. The van der Waals surface area contributed by atoms with E-state index in [1.807, 2.05) is 0 Å². The highest BCUT2D eigenvalue weighted by atomic mass is 16.7. The zero-order valence-electron chi connectivity index (χ0n) is 44.0. The van der Waals surface area contributed by atoms with Crippen LogP contribution >= 0.6 is 0 Å². The topological polar surface area (TPSA) is 189 Å². The van der Waals surface area contributed by atoms with E-state index in [-0.39, 0.29) is 12.8 Å². The Morgan fingerprint density at radius 2 is 0.913 bits per heavy atom. The number of carbonyl (C=O) groups excluding carboxylic acids is 1. The molecule has 0 aromatic carbocycles. The zero-order chi connectivity index (χ0) is 50.4. The van der Waals surface area contributed by atoms with Crippen molar-refractivity contribution in [1.29, 1.82) is 0 Å². The van der Waals surface area contributed by atoms with Crippen molar-refractivity contribution in [3.8, 4) is 0 Å². The molecule has 0 saturated carbocycles. The van der Waals surface area contributed by atoms with Gasteiger partial charge in [0.1, 0.15) is 36.6 Å². The van der Waals surface area contributed by atoms with Gasteiger partial charge >= 0.3 is 0 Å². The molecule has 69 heavy (non-hydrogen) atoms. The van der Waals surface area contributed by atoms with Crippen LogP contribution in [0.3, 0.4) is 0 Å². The predicted molar refractivity (Wildman–Crippen MR) is 284 cm³/mol. The molecule has 1 saturated heterocycles. The Morgan fingerprint density at radius 3 is 1.38 bits per heavy atom. The van der Waals surface area contributed by atoms with Crippen LogP contribution in [0.15, 0.2) is 48.6 Å². The molecule has 1 amide bonds. The Morgan fingerprint density at radius 1 is 0.507 bits per heavy atom. The summed E-state index contributed by atoms with van der Waals surface area (Å²) in [4.78, 5) is 13.2. The number of amides is 1. The third-order valence-electron chi connectivity index (χ3n) is 13.6. The van der Waals surface area contributed by atoms with Gasteiger partial charge in [-0.2, -0.15) is 0 Å². The second-order valence-corrected chi connectivity index (χ2v) is 20.0. The van der Waals surface area contributed by atoms with E-state index in [4.69, 9.17) is 9.47 Å². The summed E-state index contributed by atoms with van der Waals surface area (Å²) in [5.41, 5.74) is 0. The standard InChI is InChI=1S/C58H107NO10/c1-3-5-7-9-11-13-15-17-19-20-21-22-23-24-25-26-27-28-29-30-31-32-34-36-38-40-42-44-46-51(62)57(67)59-49(48-68-58-56(66)55(65)54(64)52(47-60)69-58)53(63)50(61)45-43-41-39-37-35-33-18-16-14-12-10-8-6-4-2/h16,18,21-22,24-25,37,39,49-56,58,60-66H,3-15,17,19-20,23,26-36,38,40-48H2,1-2H3,(H,59,67)/b18-16+,22-21-,25-24-,39-37+. The van der Waals surface area contributed by atoms with Gasteiger partial charge < -0.3 is 50.5 Å². The molecule has 0 aromatic rings. The summed E-state index contributed by atoms with van der Waals surface area (Å²) >= 11 is 0. The minimum atomic E-state index is -1.67. The van der Waals surface area contributed by atoms with Crippen LogP contribution in [0.5, 0.6) is 0 Å². The van der Waals surface area contributed by atoms with Gasteiger partial charge in [0.25, 0.3) is 0 Å². The summed E-state index contributed by atoms with van der Waals surface area (Å²) in [5.74, 6) is -0.712. The van der Waals surface area contributed by atoms with E-state index in [0.29, 0.717) is 19.3 Å². The molecule has 8 N–H and O–H groups in total. The Hall–Kier alpha value is -1.93. The lowest BCUT2D eigenvalue weighted by molar-refractivity contribution is -0.303. The summed E-state index contributed by atoms with van der Waals surface area (Å²) in [5, 5.41) is 75.9. The van der Waals surface area contributed by atoms with Crippen molar-refractivity contribution in [2.24, 2.45) is 0 Å². The highest BCUT2D eigenvalue weighted by Gasteiger charge is 2.44. The number of aliphatic hydroxyl groups is 7. The quantitative estimate of drug-likeness (QED) is 0.0215. The van der Waals surface area contributed by atoms with Gasteiger partial charge in [-0.3, -0.25) is 4.79 Å². The monoisotopic (exact) mass is 978 g/mol. The average Bonchev–Trinajstić information content (AvgIpc) is 3.35. The molecule has 0 aromatic heterocycles. The normalized spacial score (nSPS) is 20.7. The fraction of sp³-hybridized carbons (Fsp3) is 0.845. The Labute approximate surface area is 421 Å². The van der Waals surface area contributed by atoms with Crippen molar-refractivity contribution in [2.75, 3.05) is 13.2 Å². The van der Waals surface area contributed by atoms with Crippen LogP contribution in [-0.2, 0) is 14.3 Å². The molecule has 9 atom stereocenters. The third-order valence-corrected chi connectivity index (χ3v) is 13.6. The molecule has 11 nitrogen and oxygen atoms in total.